The van der Waals surface area contributed by atoms with Crippen molar-refractivity contribution in [2.24, 2.45) is 0 Å². The van der Waals surface area contributed by atoms with Gasteiger partial charge in [-0.1, -0.05) is 19.3 Å². The van der Waals surface area contributed by atoms with Crippen molar-refractivity contribution >= 4 is 24.5 Å². The molecule has 6 heteroatoms. The number of carbonyl (C=O) groups is 2. The number of hydrogen-bond acceptors (Lipinski definition) is 3. The van der Waals surface area contributed by atoms with Crippen LogP contribution in [0, 0.1) is 0 Å². The van der Waals surface area contributed by atoms with Crippen molar-refractivity contribution in [3.8, 4) is 0 Å². The van der Waals surface area contributed by atoms with Crippen molar-refractivity contribution in [1.29, 1.82) is 0 Å². The number of carbonyl (C=O) groups excluding carboxylic acids is 1. The molecule has 5 nitrogen and oxygen atoms in total. The predicted molar refractivity (Wildman–Crippen MR) is 88.0 cm³/mol. The summed E-state index contributed by atoms with van der Waals surface area (Å²) < 4.78 is 0. The Labute approximate surface area is 133 Å². The number of quaternary nitrogens is 1. The lowest BCUT2D eigenvalue weighted by molar-refractivity contribution is -0.858. The highest BCUT2D eigenvalue weighted by atomic mass is 32.1. The van der Waals surface area contributed by atoms with Crippen molar-refractivity contribution in [3.05, 3.63) is 0 Å². The topological polar surface area (TPSA) is 70.8 Å². The van der Waals surface area contributed by atoms with Crippen LogP contribution >= 0.6 is 12.6 Å². The molecule has 0 aliphatic heterocycles. The second kappa shape index (κ2) is 13.0. The van der Waals surface area contributed by atoms with Gasteiger partial charge in [0.1, 0.15) is 6.04 Å². The Kier molecular flexibility index (Phi) is 12.5. The molecule has 0 heterocycles. The summed E-state index contributed by atoms with van der Waals surface area (Å²) in [5.41, 5.74) is 0. The van der Waals surface area contributed by atoms with Gasteiger partial charge in [0.2, 0.25) is 5.91 Å². The molecular formula is C15H31N2O3S+. The lowest BCUT2D eigenvalue weighted by Gasteiger charge is -2.13. The Morgan fingerprint density at radius 2 is 1.67 bits per heavy atom. The summed E-state index contributed by atoms with van der Waals surface area (Å²) in [5.74, 6) is -0.702. The quantitative estimate of drug-likeness (QED) is 0.299. The van der Waals surface area contributed by atoms with Gasteiger partial charge in [0.05, 0.1) is 20.6 Å². The molecule has 0 saturated carbocycles. The van der Waals surface area contributed by atoms with Crippen LogP contribution in [0.15, 0.2) is 0 Å². The van der Waals surface area contributed by atoms with E-state index in [9.17, 15) is 9.59 Å². The SMILES string of the molecule is C[NH+](C)CCCCCCCCC(=O)NC(CCS)C(=O)O. The summed E-state index contributed by atoms with van der Waals surface area (Å²) in [5, 5.41) is 11.5. The molecule has 1 amide bonds. The van der Waals surface area contributed by atoms with Gasteiger partial charge in [0, 0.05) is 6.42 Å². The molecule has 0 aliphatic rings. The average Bonchev–Trinajstić information content (AvgIpc) is 2.40. The predicted octanol–water partition coefficient (Wildman–Crippen LogP) is 0.751. The maximum Gasteiger partial charge on any atom is 0.326 e. The summed E-state index contributed by atoms with van der Waals surface area (Å²) >= 11 is 4.00. The first kappa shape index (κ1) is 20.2. The van der Waals surface area contributed by atoms with E-state index >= 15 is 0 Å². The second-order valence-electron chi connectivity index (χ2n) is 5.80. The van der Waals surface area contributed by atoms with Crippen LogP contribution in [-0.4, -0.2) is 49.4 Å². The average molecular weight is 319 g/mol. The van der Waals surface area contributed by atoms with Gasteiger partial charge in [-0.3, -0.25) is 4.79 Å². The molecular weight excluding hydrogens is 288 g/mol. The van der Waals surface area contributed by atoms with E-state index in [1.54, 1.807) is 0 Å². The van der Waals surface area contributed by atoms with Crippen LogP contribution in [0.2, 0.25) is 0 Å². The Morgan fingerprint density at radius 1 is 1.10 bits per heavy atom. The molecule has 0 saturated heterocycles. The van der Waals surface area contributed by atoms with Crippen LogP contribution in [0.1, 0.15) is 51.4 Å². The number of carboxylic acids is 1. The second-order valence-corrected chi connectivity index (χ2v) is 6.25. The normalized spacial score (nSPS) is 12.4. The monoisotopic (exact) mass is 319 g/mol. The molecule has 0 aliphatic carbocycles. The Morgan fingerprint density at radius 3 is 2.19 bits per heavy atom. The Balaban J connectivity index is 3.55. The molecule has 1 atom stereocenters. The van der Waals surface area contributed by atoms with E-state index in [2.05, 4.69) is 32.0 Å². The van der Waals surface area contributed by atoms with Crippen molar-refractivity contribution in [2.45, 2.75) is 57.4 Å². The van der Waals surface area contributed by atoms with Gasteiger partial charge in [-0.15, -0.1) is 0 Å². The first-order valence-electron chi connectivity index (χ1n) is 7.89. The lowest BCUT2D eigenvalue weighted by Crippen LogP contribution is -3.05. The van der Waals surface area contributed by atoms with Gasteiger partial charge in [-0.05, 0) is 31.4 Å². The molecule has 0 aromatic heterocycles. The van der Waals surface area contributed by atoms with Crippen molar-refractivity contribution in [1.82, 2.24) is 5.32 Å². The largest absolute Gasteiger partial charge is 0.480 e. The molecule has 0 bridgehead atoms. The first-order chi connectivity index (χ1) is 9.97. The molecule has 21 heavy (non-hydrogen) atoms. The number of aliphatic carboxylic acids is 1. The van der Waals surface area contributed by atoms with Gasteiger partial charge in [-0.2, -0.15) is 12.6 Å². The molecule has 0 aromatic rings. The molecule has 0 aromatic carbocycles. The number of hydrogen-bond donors (Lipinski definition) is 4. The van der Waals surface area contributed by atoms with Gasteiger partial charge in [0.25, 0.3) is 0 Å². The summed E-state index contributed by atoms with van der Waals surface area (Å²) in [6.45, 7) is 1.21. The van der Waals surface area contributed by atoms with E-state index in [1.807, 2.05) is 0 Å². The van der Waals surface area contributed by atoms with Crippen molar-refractivity contribution in [3.63, 3.8) is 0 Å². The first-order valence-corrected chi connectivity index (χ1v) is 8.52. The standard InChI is InChI=1S/C15H30N2O3S/c1-17(2)11-8-6-4-3-5-7-9-14(18)16-13(10-12-21)15(19)20/h13,21H,3-12H2,1-2H3,(H,16,18)(H,19,20)/p+1. The zero-order valence-corrected chi connectivity index (χ0v) is 14.3. The maximum absolute atomic E-state index is 11.6. The highest BCUT2D eigenvalue weighted by Crippen LogP contribution is 2.07. The Hall–Kier alpha value is -0.750. The van der Waals surface area contributed by atoms with E-state index in [0.717, 1.165) is 19.3 Å². The minimum absolute atomic E-state index is 0.166. The third-order valence-electron chi connectivity index (χ3n) is 3.38. The molecule has 0 spiro atoms. The number of amides is 1. The number of unbranched alkanes of at least 4 members (excludes halogenated alkanes) is 5. The van der Waals surface area contributed by atoms with Gasteiger partial charge in [0.15, 0.2) is 0 Å². The third kappa shape index (κ3) is 12.7. The van der Waals surface area contributed by atoms with E-state index < -0.39 is 12.0 Å². The van der Waals surface area contributed by atoms with E-state index in [1.165, 1.54) is 30.7 Å². The molecule has 0 rings (SSSR count). The number of rotatable bonds is 13. The summed E-state index contributed by atoms with van der Waals surface area (Å²) in [6.07, 6.45) is 7.51. The number of thiol groups is 1. The summed E-state index contributed by atoms with van der Waals surface area (Å²) in [4.78, 5) is 24.0. The van der Waals surface area contributed by atoms with Gasteiger partial charge < -0.3 is 15.3 Å². The van der Waals surface area contributed by atoms with E-state index in [0.29, 0.717) is 18.6 Å². The smallest absolute Gasteiger partial charge is 0.326 e. The fourth-order valence-corrected chi connectivity index (χ4v) is 2.38. The number of carboxylic acid groups (broad SMARTS) is 1. The summed E-state index contributed by atoms with van der Waals surface area (Å²) in [7, 11) is 4.33. The fourth-order valence-electron chi connectivity index (χ4n) is 2.12. The molecule has 1 unspecified atom stereocenters. The van der Waals surface area contributed by atoms with Crippen LogP contribution in [0.3, 0.4) is 0 Å². The lowest BCUT2D eigenvalue weighted by atomic mass is 10.1. The molecule has 0 fully saturated rings. The zero-order valence-electron chi connectivity index (χ0n) is 13.4. The Bertz CT molecular complexity index is 299. The van der Waals surface area contributed by atoms with Crippen molar-refractivity contribution < 1.29 is 19.6 Å². The van der Waals surface area contributed by atoms with Crippen LogP contribution in [0.25, 0.3) is 0 Å². The molecule has 0 radical (unpaired) electrons. The number of nitrogens with one attached hydrogen (secondary N) is 2. The fraction of sp³-hybridized carbons (Fsp3) is 0.867. The van der Waals surface area contributed by atoms with Crippen LogP contribution in [-0.2, 0) is 9.59 Å². The van der Waals surface area contributed by atoms with Crippen molar-refractivity contribution in [2.75, 3.05) is 26.4 Å². The maximum atomic E-state index is 11.6. The zero-order chi connectivity index (χ0) is 16.1. The highest BCUT2D eigenvalue weighted by Gasteiger charge is 2.18. The van der Waals surface area contributed by atoms with Crippen LogP contribution in [0.4, 0.5) is 0 Å². The highest BCUT2D eigenvalue weighted by molar-refractivity contribution is 7.80. The van der Waals surface area contributed by atoms with E-state index in [-0.39, 0.29) is 5.91 Å². The molecule has 3 N–H and O–H groups in total. The van der Waals surface area contributed by atoms with Crippen LogP contribution < -0.4 is 10.2 Å². The van der Waals surface area contributed by atoms with Gasteiger partial charge >= 0.3 is 5.97 Å². The van der Waals surface area contributed by atoms with E-state index in [4.69, 9.17) is 5.11 Å². The summed E-state index contributed by atoms with van der Waals surface area (Å²) in [6, 6.07) is -0.802. The molecule has 124 valence electrons. The minimum Gasteiger partial charge on any atom is -0.480 e. The van der Waals surface area contributed by atoms with Gasteiger partial charge in [-0.25, -0.2) is 4.79 Å². The van der Waals surface area contributed by atoms with Crippen LogP contribution in [0.5, 0.6) is 0 Å². The third-order valence-corrected chi connectivity index (χ3v) is 3.64. The minimum atomic E-state index is -0.986.